The van der Waals surface area contributed by atoms with Crippen molar-refractivity contribution in [3.05, 3.63) is 46.2 Å². The second kappa shape index (κ2) is 12.5. The van der Waals surface area contributed by atoms with Crippen LogP contribution in [-0.2, 0) is 10.9 Å². The number of alkyl halides is 3. The number of anilines is 1. The van der Waals surface area contributed by atoms with Crippen molar-refractivity contribution in [1.29, 1.82) is 5.26 Å². The van der Waals surface area contributed by atoms with E-state index in [1.165, 1.54) is 21.7 Å². The van der Waals surface area contributed by atoms with E-state index in [0.717, 1.165) is 6.07 Å². The molecule has 0 spiro atoms. The number of benzene rings is 2. The van der Waals surface area contributed by atoms with Crippen LogP contribution in [0, 0.1) is 24.1 Å². The molecule has 2 aliphatic heterocycles. The lowest BCUT2D eigenvalue weighted by atomic mass is 9.90. The average molecular weight is 715 g/mol. The molecule has 2 saturated heterocycles. The van der Waals surface area contributed by atoms with Crippen molar-refractivity contribution >= 4 is 45.4 Å². The third-order valence-electron chi connectivity index (χ3n) is 9.82. The predicted octanol–water partition coefficient (Wildman–Crippen LogP) is 7.76. The number of aromatic nitrogens is 4. The fraction of sp³-hybridized carbons (Fsp3) is 0.514. The summed E-state index contributed by atoms with van der Waals surface area (Å²) in [5.41, 5.74) is -2.30. The van der Waals surface area contributed by atoms with Crippen molar-refractivity contribution in [3.63, 3.8) is 0 Å². The summed E-state index contributed by atoms with van der Waals surface area (Å²) in [6, 6.07) is 6.54. The van der Waals surface area contributed by atoms with Crippen LogP contribution in [0.15, 0.2) is 24.3 Å². The Labute approximate surface area is 292 Å². The Kier molecular flexibility index (Phi) is 8.92. The lowest BCUT2D eigenvalue weighted by Crippen LogP contribution is -2.67. The number of piperidine rings is 1. The van der Waals surface area contributed by atoms with Crippen LogP contribution in [0.4, 0.5) is 28.2 Å². The first-order valence-electron chi connectivity index (χ1n) is 16.4. The van der Waals surface area contributed by atoms with Gasteiger partial charge in [-0.3, -0.25) is 0 Å². The van der Waals surface area contributed by atoms with Gasteiger partial charge in [-0.15, -0.1) is 5.10 Å². The molecule has 266 valence electrons. The van der Waals surface area contributed by atoms with Gasteiger partial charge in [-0.2, -0.15) is 18.4 Å². The highest BCUT2D eigenvalue weighted by Gasteiger charge is 2.44. The number of halogens is 5. The number of rotatable bonds is 5. The van der Waals surface area contributed by atoms with Crippen molar-refractivity contribution in [2.75, 3.05) is 38.6 Å². The standard InChI is InChI=1S/C35H39ClF4N8O2/c1-19-9-8-10-22(26(19)36)25-24(35(38,39)40)16-23-28(27(25)37)42-31(46-17-34(5,18-46)45(6)7)29-30(23)48(44-43-29)21-12-14-47(20(15-21)11-13-41)32(49)50-33(2,3)4/h8-10,16,20-21H,11-12,14-15,17-18H2,1-7H3/t20-,21+/m1/s1. The van der Waals surface area contributed by atoms with Crippen LogP contribution < -0.4 is 4.90 Å². The Morgan fingerprint density at radius 3 is 2.52 bits per heavy atom. The van der Waals surface area contributed by atoms with Crippen molar-refractivity contribution in [1.82, 2.24) is 29.8 Å². The fourth-order valence-electron chi connectivity index (χ4n) is 6.91. The number of likely N-dealkylation sites (tertiary alicyclic amines) is 1. The van der Waals surface area contributed by atoms with E-state index in [1.54, 1.807) is 33.8 Å². The van der Waals surface area contributed by atoms with Crippen LogP contribution in [0.1, 0.15) is 64.1 Å². The molecule has 4 aromatic rings. The maximum absolute atomic E-state index is 17.0. The molecule has 0 saturated carbocycles. The SMILES string of the molecule is Cc1cccc(-c2c(C(F)(F)F)cc3c(nc(N4CC(C)(N(C)C)C4)c4nnn([C@H]5CCN(C(=O)OC(C)(C)C)[C@H](CC#N)C5)c43)c2F)c1Cl. The molecule has 2 fully saturated rings. The third kappa shape index (κ3) is 6.19. The molecule has 0 aliphatic carbocycles. The summed E-state index contributed by atoms with van der Waals surface area (Å²) in [5.74, 6) is -0.853. The Morgan fingerprint density at radius 1 is 1.20 bits per heavy atom. The third-order valence-corrected chi connectivity index (χ3v) is 10.3. The number of likely N-dealkylation sites (N-methyl/N-ethyl adjacent to an activating group) is 1. The van der Waals surface area contributed by atoms with Crippen molar-refractivity contribution in [3.8, 4) is 17.2 Å². The molecule has 50 heavy (non-hydrogen) atoms. The number of fused-ring (bicyclic) bond motifs is 3. The van der Waals surface area contributed by atoms with Crippen molar-refractivity contribution in [2.24, 2.45) is 0 Å². The molecule has 10 nitrogen and oxygen atoms in total. The molecular formula is C35H39ClF4N8O2. The first-order chi connectivity index (χ1) is 23.3. The Bertz CT molecular complexity index is 2030. The molecule has 0 N–H and O–H groups in total. The van der Waals surface area contributed by atoms with Gasteiger partial charge < -0.3 is 19.4 Å². The molecule has 2 aromatic carbocycles. The smallest absolute Gasteiger partial charge is 0.417 e. The van der Waals surface area contributed by atoms with E-state index >= 15 is 4.39 Å². The largest absolute Gasteiger partial charge is 0.444 e. The second-order valence-electron chi connectivity index (χ2n) is 14.7. The fourth-order valence-corrected chi connectivity index (χ4v) is 7.13. The average Bonchev–Trinajstić information content (AvgIpc) is 3.45. The Balaban J connectivity index is 1.57. The van der Waals surface area contributed by atoms with Gasteiger partial charge in [0.05, 0.1) is 40.7 Å². The van der Waals surface area contributed by atoms with Gasteiger partial charge in [-0.1, -0.05) is 35.0 Å². The summed E-state index contributed by atoms with van der Waals surface area (Å²) in [7, 11) is 3.91. The Hall–Kier alpha value is -4.22. The number of carbonyl (C=O) groups is 1. The minimum absolute atomic E-state index is 0.000281. The van der Waals surface area contributed by atoms with E-state index in [2.05, 4.69) is 33.2 Å². The van der Waals surface area contributed by atoms with E-state index in [-0.39, 0.29) is 57.4 Å². The highest BCUT2D eigenvalue weighted by molar-refractivity contribution is 6.34. The summed E-state index contributed by atoms with van der Waals surface area (Å²) in [4.78, 5) is 23.3. The molecule has 2 atom stereocenters. The molecule has 0 bridgehead atoms. The predicted molar refractivity (Wildman–Crippen MR) is 183 cm³/mol. The van der Waals surface area contributed by atoms with Crippen LogP contribution in [0.3, 0.4) is 0 Å². The quantitative estimate of drug-likeness (QED) is 0.193. The highest BCUT2D eigenvalue weighted by Crippen LogP contribution is 2.47. The highest BCUT2D eigenvalue weighted by atomic mass is 35.5. The van der Waals surface area contributed by atoms with Gasteiger partial charge in [0, 0.05) is 36.1 Å². The van der Waals surface area contributed by atoms with Gasteiger partial charge in [0.2, 0.25) is 0 Å². The van der Waals surface area contributed by atoms with Gasteiger partial charge >= 0.3 is 12.3 Å². The summed E-state index contributed by atoms with van der Waals surface area (Å²) >= 11 is 6.51. The maximum atomic E-state index is 17.0. The van der Waals surface area contributed by atoms with Gasteiger partial charge in [0.25, 0.3) is 0 Å². The molecule has 2 aromatic heterocycles. The van der Waals surface area contributed by atoms with Gasteiger partial charge in [0.1, 0.15) is 16.6 Å². The number of hydrogen-bond donors (Lipinski definition) is 0. The van der Waals surface area contributed by atoms with Crippen LogP contribution >= 0.6 is 11.6 Å². The molecule has 4 heterocycles. The lowest BCUT2D eigenvalue weighted by Gasteiger charge is -2.52. The number of nitrogens with zero attached hydrogens (tertiary/aromatic N) is 8. The zero-order chi connectivity index (χ0) is 36.5. The summed E-state index contributed by atoms with van der Waals surface area (Å²) < 4.78 is 68.8. The molecular weight excluding hydrogens is 676 g/mol. The molecule has 1 amide bonds. The number of nitriles is 1. The monoisotopic (exact) mass is 714 g/mol. The first-order valence-corrected chi connectivity index (χ1v) is 16.7. The minimum Gasteiger partial charge on any atom is -0.444 e. The molecule has 15 heteroatoms. The van der Waals surface area contributed by atoms with E-state index in [0.29, 0.717) is 30.9 Å². The summed E-state index contributed by atoms with van der Waals surface area (Å²) in [6.07, 6.45) is -4.93. The molecule has 6 rings (SSSR count). The van der Waals surface area contributed by atoms with E-state index < -0.39 is 46.9 Å². The van der Waals surface area contributed by atoms with Crippen LogP contribution in [0.2, 0.25) is 5.02 Å². The molecule has 2 aliphatic rings. The molecule has 0 unspecified atom stereocenters. The van der Waals surface area contributed by atoms with Crippen LogP contribution in [0.5, 0.6) is 0 Å². The van der Waals surface area contributed by atoms with Gasteiger partial charge in [-0.25, -0.2) is 18.9 Å². The lowest BCUT2D eigenvalue weighted by molar-refractivity contribution is -0.137. The van der Waals surface area contributed by atoms with Gasteiger partial charge in [-0.05, 0) is 73.2 Å². The molecule has 0 radical (unpaired) electrons. The van der Waals surface area contributed by atoms with E-state index in [4.69, 9.17) is 16.3 Å². The number of carbonyl (C=O) groups excluding carboxylic acids is 1. The number of pyridine rings is 1. The summed E-state index contributed by atoms with van der Waals surface area (Å²) in [5, 5.41) is 18.4. The van der Waals surface area contributed by atoms with Crippen molar-refractivity contribution < 1.29 is 27.1 Å². The number of hydrogen-bond acceptors (Lipinski definition) is 8. The first kappa shape index (κ1) is 35.6. The number of amides is 1. The maximum Gasteiger partial charge on any atom is 0.417 e. The minimum atomic E-state index is -4.96. The van der Waals surface area contributed by atoms with Crippen LogP contribution in [-0.4, -0.2) is 86.8 Å². The number of aryl methyl sites for hydroxylation is 1. The van der Waals surface area contributed by atoms with Crippen LogP contribution in [0.25, 0.3) is 33.1 Å². The van der Waals surface area contributed by atoms with E-state index in [1.807, 2.05) is 19.0 Å². The topological polar surface area (TPSA) is 103 Å². The second-order valence-corrected chi connectivity index (χ2v) is 15.1. The zero-order valence-electron chi connectivity index (χ0n) is 29.0. The van der Waals surface area contributed by atoms with Crippen molar-refractivity contribution in [2.45, 2.75) is 83.3 Å². The summed E-state index contributed by atoms with van der Waals surface area (Å²) in [6.45, 7) is 10.2. The van der Waals surface area contributed by atoms with Gasteiger partial charge in [0.15, 0.2) is 17.2 Å². The van der Waals surface area contributed by atoms with E-state index in [9.17, 15) is 23.2 Å². The Morgan fingerprint density at radius 2 is 1.90 bits per heavy atom. The normalized spacial score (nSPS) is 19.6. The number of ether oxygens (including phenoxy) is 1. The zero-order valence-corrected chi connectivity index (χ0v) is 29.7.